The highest BCUT2D eigenvalue weighted by atomic mass is 19.1. The van der Waals surface area contributed by atoms with Crippen LogP contribution in [0.25, 0.3) is 0 Å². The molecule has 1 aromatic rings. The van der Waals surface area contributed by atoms with E-state index >= 15 is 0 Å². The van der Waals surface area contributed by atoms with Crippen molar-refractivity contribution in [2.75, 3.05) is 13.1 Å². The normalized spacial score (nSPS) is 19.6. The van der Waals surface area contributed by atoms with Crippen LogP contribution in [-0.2, 0) is 0 Å². The highest BCUT2D eigenvalue weighted by molar-refractivity contribution is 5.36. The van der Waals surface area contributed by atoms with Gasteiger partial charge >= 0.3 is 0 Å². The third-order valence-electron chi connectivity index (χ3n) is 3.60. The van der Waals surface area contributed by atoms with Crippen LogP contribution in [0.4, 0.5) is 4.39 Å². The summed E-state index contributed by atoms with van der Waals surface area (Å²) in [5, 5.41) is 13.0. The standard InChI is InChI=1S/C13H18FNO/c1-9(10-5-7-15-8-6-10)11-3-2-4-12(14)13(11)16/h2-4,9-10,15-16H,5-8H2,1H3. The van der Waals surface area contributed by atoms with Crippen LogP contribution in [-0.4, -0.2) is 18.2 Å². The molecule has 2 N–H and O–H groups in total. The summed E-state index contributed by atoms with van der Waals surface area (Å²) in [4.78, 5) is 0. The molecule has 88 valence electrons. The van der Waals surface area contributed by atoms with Crippen LogP contribution in [0.15, 0.2) is 18.2 Å². The van der Waals surface area contributed by atoms with Crippen molar-refractivity contribution in [2.24, 2.45) is 5.92 Å². The summed E-state index contributed by atoms with van der Waals surface area (Å²) in [6, 6.07) is 4.79. The average Bonchev–Trinajstić information content (AvgIpc) is 2.33. The van der Waals surface area contributed by atoms with E-state index in [0.717, 1.165) is 31.5 Å². The van der Waals surface area contributed by atoms with Crippen molar-refractivity contribution in [1.29, 1.82) is 0 Å². The van der Waals surface area contributed by atoms with Crippen LogP contribution >= 0.6 is 0 Å². The highest BCUT2D eigenvalue weighted by Gasteiger charge is 2.23. The fraction of sp³-hybridized carbons (Fsp3) is 0.538. The molecule has 2 nitrogen and oxygen atoms in total. The average molecular weight is 223 g/mol. The Kier molecular flexibility index (Phi) is 3.44. The third-order valence-corrected chi connectivity index (χ3v) is 3.60. The third kappa shape index (κ3) is 2.19. The van der Waals surface area contributed by atoms with Crippen LogP contribution in [0.1, 0.15) is 31.2 Å². The molecule has 0 aliphatic carbocycles. The molecular formula is C13H18FNO. The molecule has 1 unspecified atom stereocenters. The number of aromatic hydroxyl groups is 1. The van der Waals surface area contributed by atoms with Crippen molar-refractivity contribution >= 4 is 0 Å². The lowest BCUT2D eigenvalue weighted by molar-refractivity contribution is 0.321. The first kappa shape index (κ1) is 11.4. The summed E-state index contributed by atoms with van der Waals surface area (Å²) in [5.41, 5.74) is 0.743. The number of benzene rings is 1. The fourth-order valence-electron chi connectivity index (χ4n) is 2.50. The Morgan fingerprint density at radius 3 is 2.75 bits per heavy atom. The first-order valence-corrected chi connectivity index (χ1v) is 5.88. The summed E-state index contributed by atoms with van der Waals surface area (Å²) in [7, 11) is 0. The van der Waals surface area contributed by atoms with Gasteiger partial charge in [-0.2, -0.15) is 0 Å². The first-order valence-electron chi connectivity index (χ1n) is 5.88. The SMILES string of the molecule is CC(c1cccc(F)c1O)C1CCNCC1. The number of phenols is 1. The molecule has 0 bridgehead atoms. The maximum absolute atomic E-state index is 13.2. The zero-order chi connectivity index (χ0) is 11.5. The molecule has 1 heterocycles. The molecule has 1 aliphatic rings. The van der Waals surface area contributed by atoms with E-state index < -0.39 is 5.82 Å². The van der Waals surface area contributed by atoms with Gasteiger partial charge in [-0.05, 0) is 43.8 Å². The van der Waals surface area contributed by atoms with Gasteiger partial charge in [-0.25, -0.2) is 4.39 Å². The lowest BCUT2D eigenvalue weighted by atomic mass is 9.81. The predicted molar refractivity (Wildman–Crippen MR) is 62.1 cm³/mol. The molecule has 0 aromatic heterocycles. The summed E-state index contributed by atoms with van der Waals surface area (Å²) in [6.07, 6.45) is 2.19. The van der Waals surface area contributed by atoms with Gasteiger partial charge in [-0.15, -0.1) is 0 Å². The number of hydrogen-bond donors (Lipinski definition) is 2. The number of phenolic OH excluding ortho intramolecular Hbond substituents is 1. The van der Waals surface area contributed by atoms with E-state index in [0.29, 0.717) is 5.92 Å². The first-order chi connectivity index (χ1) is 7.70. The van der Waals surface area contributed by atoms with Crippen LogP contribution in [0, 0.1) is 11.7 Å². The van der Waals surface area contributed by atoms with Gasteiger partial charge in [0, 0.05) is 5.56 Å². The summed E-state index contributed by atoms with van der Waals surface area (Å²) in [5.74, 6) is 0.0681. The number of hydrogen-bond acceptors (Lipinski definition) is 2. The van der Waals surface area contributed by atoms with Crippen molar-refractivity contribution in [1.82, 2.24) is 5.32 Å². The lowest BCUT2D eigenvalue weighted by Crippen LogP contribution is -2.30. The Hall–Kier alpha value is -1.09. The van der Waals surface area contributed by atoms with E-state index in [2.05, 4.69) is 12.2 Å². The van der Waals surface area contributed by atoms with Crippen molar-refractivity contribution in [3.63, 3.8) is 0 Å². The minimum Gasteiger partial charge on any atom is -0.505 e. The number of halogens is 1. The van der Waals surface area contributed by atoms with E-state index in [1.807, 2.05) is 6.07 Å². The highest BCUT2D eigenvalue weighted by Crippen LogP contribution is 2.36. The summed E-state index contributed by atoms with van der Waals surface area (Å²) < 4.78 is 13.2. The molecule has 0 saturated carbocycles. The predicted octanol–water partition coefficient (Wildman–Crippen LogP) is 2.63. The second-order valence-corrected chi connectivity index (χ2v) is 4.55. The van der Waals surface area contributed by atoms with Crippen LogP contribution in [0.5, 0.6) is 5.75 Å². The van der Waals surface area contributed by atoms with E-state index in [4.69, 9.17) is 0 Å². The quantitative estimate of drug-likeness (QED) is 0.807. The molecule has 0 spiro atoms. The maximum atomic E-state index is 13.2. The lowest BCUT2D eigenvalue weighted by Gasteiger charge is -2.28. The van der Waals surface area contributed by atoms with E-state index in [1.54, 1.807) is 6.07 Å². The van der Waals surface area contributed by atoms with Gasteiger partial charge in [0.05, 0.1) is 0 Å². The number of rotatable bonds is 2. The molecule has 1 saturated heterocycles. The van der Waals surface area contributed by atoms with Gasteiger partial charge < -0.3 is 10.4 Å². The molecule has 1 fully saturated rings. The maximum Gasteiger partial charge on any atom is 0.165 e. The molecule has 0 amide bonds. The molecule has 16 heavy (non-hydrogen) atoms. The summed E-state index contributed by atoms with van der Waals surface area (Å²) in [6.45, 7) is 4.11. The molecule has 3 heteroatoms. The Morgan fingerprint density at radius 1 is 1.38 bits per heavy atom. The molecule has 1 atom stereocenters. The van der Waals surface area contributed by atoms with Gasteiger partial charge in [0.1, 0.15) is 0 Å². The van der Waals surface area contributed by atoms with Crippen molar-refractivity contribution in [2.45, 2.75) is 25.7 Å². The fourth-order valence-corrected chi connectivity index (χ4v) is 2.50. The number of piperidine rings is 1. The topological polar surface area (TPSA) is 32.3 Å². The minimum absolute atomic E-state index is 0.173. The molecule has 0 radical (unpaired) electrons. The van der Waals surface area contributed by atoms with Gasteiger partial charge in [-0.3, -0.25) is 0 Å². The largest absolute Gasteiger partial charge is 0.505 e. The van der Waals surface area contributed by atoms with Crippen molar-refractivity contribution in [3.8, 4) is 5.75 Å². The van der Waals surface area contributed by atoms with Gasteiger partial charge in [0.25, 0.3) is 0 Å². The molecule has 1 aromatic carbocycles. The zero-order valence-electron chi connectivity index (χ0n) is 9.54. The molecular weight excluding hydrogens is 205 g/mol. The number of nitrogens with one attached hydrogen (secondary N) is 1. The Morgan fingerprint density at radius 2 is 2.06 bits per heavy atom. The van der Waals surface area contributed by atoms with Crippen molar-refractivity contribution in [3.05, 3.63) is 29.6 Å². The van der Waals surface area contributed by atoms with E-state index in [1.165, 1.54) is 6.07 Å². The van der Waals surface area contributed by atoms with Crippen LogP contribution < -0.4 is 5.32 Å². The number of para-hydroxylation sites is 1. The van der Waals surface area contributed by atoms with Crippen molar-refractivity contribution < 1.29 is 9.50 Å². The molecule has 2 rings (SSSR count). The Labute approximate surface area is 95.5 Å². The van der Waals surface area contributed by atoms with Gasteiger partial charge in [0.15, 0.2) is 11.6 Å². The van der Waals surface area contributed by atoms with E-state index in [9.17, 15) is 9.50 Å². The summed E-state index contributed by atoms with van der Waals surface area (Å²) >= 11 is 0. The van der Waals surface area contributed by atoms with Gasteiger partial charge in [0.2, 0.25) is 0 Å². The molecule has 1 aliphatic heterocycles. The minimum atomic E-state index is -0.515. The second kappa shape index (κ2) is 4.83. The zero-order valence-corrected chi connectivity index (χ0v) is 9.54. The van der Waals surface area contributed by atoms with Crippen LogP contribution in [0.2, 0.25) is 0 Å². The van der Waals surface area contributed by atoms with Gasteiger partial charge in [-0.1, -0.05) is 19.1 Å². The Balaban J connectivity index is 2.19. The second-order valence-electron chi connectivity index (χ2n) is 4.55. The van der Waals surface area contributed by atoms with Crippen LogP contribution in [0.3, 0.4) is 0 Å². The smallest absolute Gasteiger partial charge is 0.165 e. The monoisotopic (exact) mass is 223 g/mol. The Bertz CT molecular complexity index is 361. The van der Waals surface area contributed by atoms with E-state index in [-0.39, 0.29) is 11.7 Å².